The van der Waals surface area contributed by atoms with E-state index in [1.807, 2.05) is 24.3 Å². The van der Waals surface area contributed by atoms with Gasteiger partial charge in [0.05, 0.1) is 13.1 Å². The first-order valence-corrected chi connectivity index (χ1v) is 21.5. The van der Waals surface area contributed by atoms with Crippen LogP contribution in [0.15, 0.2) is 106 Å². The average Bonchev–Trinajstić information content (AvgIpc) is 4.04. The van der Waals surface area contributed by atoms with Gasteiger partial charge in [-0.15, -0.1) is 32.8 Å². The number of hydrogen-bond acceptors (Lipinski definition) is 10. The SMILES string of the molecule is CC(C)N1CCC(C(=O)N(Cc2ccc(-c3nnc(C(F)(F)F)o3)cc2F)c2ccccc2)CC1.Cl.O=C(C1CCNCC1)N(Cc1ccc(-c2nnc(C(F)(F)F)o2)cc1F)c1ccccc1. The second-order valence-electron chi connectivity index (χ2n) is 16.4. The third-order valence-electron chi connectivity index (χ3n) is 11.6. The maximum atomic E-state index is 15.0. The van der Waals surface area contributed by atoms with E-state index in [4.69, 9.17) is 0 Å². The van der Waals surface area contributed by atoms with Crippen LogP contribution in [0.5, 0.6) is 0 Å². The van der Waals surface area contributed by atoms with E-state index in [-0.39, 0.29) is 71.4 Å². The van der Waals surface area contributed by atoms with Crippen LogP contribution in [-0.4, -0.2) is 69.3 Å². The van der Waals surface area contributed by atoms with Crippen molar-refractivity contribution in [2.24, 2.45) is 11.8 Å². The van der Waals surface area contributed by atoms with Gasteiger partial charge < -0.3 is 28.9 Å². The molecule has 8 rings (SSSR count). The Kier molecular flexibility index (Phi) is 16.7. The molecule has 2 aliphatic rings. The molecular weight excluding hydrogens is 928 g/mol. The minimum atomic E-state index is -4.79. The molecule has 362 valence electrons. The monoisotopic (exact) mass is 974 g/mol. The van der Waals surface area contributed by atoms with Crippen molar-refractivity contribution >= 4 is 35.6 Å². The topological polar surface area (TPSA) is 134 Å². The van der Waals surface area contributed by atoms with Crippen molar-refractivity contribution in [2.45, 2.75) is 71.0 Å². The van der Waals surface area contributed by atoms with Crippen molar-refractivity contribution in [3.8, 4) is 22.9 Å². The summed E-state index contributed by atoms with van der Waals surface area (Å²) in [4.78, 5) is 32.2. The lowest BCUT2D eigenvalue weighted by Crippen LogP contribution is -2.44. The molecule has 0 spiro atoms. The number of para-hydroxylation sites is 2. The van der Waals surface area contributed by atoms with Crippen molar-refractivity contribution in [1.29, 1.82) is 0 Å². The first-order valence-electron chi connectivity index (χ1n) is 21.5. The number of likely N-dealkylation sites (tertiary alicyclic amines) is 1. The second-order valence-corrected chi connectivity index (χ2v) is 16.4. The number of amides is 2. The number of piperidine rings is 2. The van der Waals surface area contributed by atoms with Gasteiger partial charge in [0.2, 0.25) is 23.6 Å². The quantitative estimate of drug-likeness (QED) is 0.125. The summed E-state index contributed by atoms with van der Waals surface area (Å²) >= 11 is 0. The highest BCUT2D eigenvalue weighted by Gasteiger charge is 2.39. The van der Waals surface area contributed by atoms with Crippen molar-refractivity contribution in [3.05, 3.63) is 132 Å². The lowest BCUT2D eigenvalue weighted by atomic mass is 9.94. The summed E-state index contributed by atoms with van der Waals surface area (Å²) in [7, 11) is 0. The van der Waals surface area contributed by atoms with Gasteiger partial charge in [0.15, 0.2) is 0 Å². The van der Waals surface area contributed by atoms with E-state index in [9.17, 15) is 40.3 Å². The van der Waals surface area contributed by atoms with Gasteiger partial charge in [0, 0.05) is 51.5 Å². The van der Waals surface area contributed by atoms with E-state index in [1.54, 1.807) is 46.2 Å². The molecule has 0 saturated carbocycles. The van der Waals surface area contributed by atoms with Crippen molar-refractivity contribution in [2.75, 3.05) is 36.0 Å². The van der Waals surface area contributed by atoms with Crippen LogP contribution in [-0.2, 0) is 35.0 Å². The number of aromatic nitrogens is 4. The molecule has 2 aromatic heterocycles. The summed E-state index contributed by atoms with van der Waals surface area (Å²) in [5.41, 5.74) is 1.78. The molecule has 68 heavy (non-hydrogen) atoms. The summed E-state index contributed by atoms with van der Waals surface area (Å²) < 4.78 is 115. The van der Waals surface area contributed by atoms with Crippen LogP contribution < -0.4 is 15.1 Å². The Hall–Kier alpha value is -6.25. The summed E-state index contributed by atoms with van der Waals surface area (Å²) in [6.45, 7) is 7.35. The molecule has 0 radical (unpaired) electrons. The van der Waals surface area contributed by atoms with Gasteiger partial charge in [0.1, 0.15) is 11.6 Å². The Balaban J connectivity index is 0.000000221. The number of benzene rings is 4. The van der Waals surface area contributed by atoms with E-state index < -0.39 is 47.5 Å². The Morgan fingerprint density at radius 1 is 0.632 bits per heavy atom. The zero-order valence-corrected chi connectivity index (χ0v) is 37.6. The summed E-state index contributed by atoms with van der Waals surface area (Å²) in [6, 6.07) is 26.1. The lowest BCUT2D eigenvalue weighted by molar-refractivity contribution is -0.157. The number of nitrogens with zero attached hydrogens (tertiary/aromatic N) is 7. The molecule has 4 aromatic carbocycles. The lowest BCUT2D eigenvalue weighted by Gasteiger charge is -2.36. The Labute approximate surface area is 392 Å². The molecule has 2 amide bonds. The van der Waals surface area contributed by atoms with E-state index >= 15 is 4.39 Å². The zero-order chi connectivity index (χ0) is 47.9. The number of halogens is 9. The van der Waals surface area contributed by atoms with Gasteiger partial charge in [-0.05, 0) is 114 Å². The predicted octanol–water partition coefficient (Wildman–Crippen LogP) is 10.4. The molecule has 0 unspecified atom stereocenters. The first-order chi connectivity index (χ1) is 32.0. The molecule has 0 atom stereocenters. The molecule has 6 aromatic rings. The van der Waals surface area contributed by atoms with Crippen molar-refractivity contribution in [3.63, 3.8) is 0 Å². The van der Waals surface area contributed by atoms with Crippen molar-refractivity contribution in [1.82, 2.24) is 30.6 Å². The van der Waals surface area contributed by atoms with Crippen LogP contribution in [0.2, 0.25) is 0 Å². The Morgan fingerprint density at radius 3 is 1.38 bits per heavy atom. The number of nitrogens with one attached hydrogen (secondary N) is 1. The highest BCUT2D eigenvalue weighted by atomic mass is 35.5. The molecule has 2 saturated heterocycles. The largest absolute Gasteiger partial charge is 0.470 e. The minimum absolute atomic E-state index is 0. The predicted molar refractivity (Wildman–Crippen MR) is 237 cm³/mol. The van der Waals surface area contributed by atoms with E-state index in [2.05, 4.69) is 53.3 Å². The highest BCUT2D eigenvalue weighted by molar-refractivity contribution is 5.95. The van der Waals surface area contributed by atoms with Crippen LogP contribution in [0.4, 0.5) is 46.5 Å². The van der Waals surface area contributed by atoms with E-state index in [0.717, 1.165) is 51.2 Å². The Bertz CT molecular complexity index is 2600. The van der Waals surface area contributed by atoms with Gasteiger partial charge in [-0.25, -0.2) is 8.78 Å². The fraction of sp³-hybridized carbons (Fsp3) is 0.362. The molecular formula is C47H47ClF8N8O4. The van der Waals surface area contributed by atoms with Crippen LogP contribution in [0.3, 0.4) is 0 Å². The van der Waals surface area contributed by atoms with Gasteiger partial charge in [-0.3, -0.25) is 9.59 Å². The van der Waals surface area contributed by atoms with E-state index in [0.29, 0.717) is 30.3 Å². The Morgan fingerprint density at radius 2 is 1.03 bits per heavy atom. The number of anilines is 2. The average molecular weight is 975 g/mol. The standard InChI is InChI=1S/C25H26F4N4O2.C22H20F4N4O2.ClH/c1-16(2)32-12-10-17(11-13-32)23(34)33(20-6-4-3-5-7-20)15-19-9-8-18(14-21(19)26)22-30-31-24(35-22)25(27,28)29;23-18-12-15(19-28-29-21(32-19)22(24,25)26)6-7-16(18)13-30(17-4-2-1-3-5-17)20(31)14-8-10-27-11-9-14;/h3-9,14,16-17H,10-13,15H2,1-2H3;1-7,12,14,27H,8-11,13H2;1H. The fourth-order valence-electron chi connectivity index (χ4n) is 7.85. The summed E-state index contributed by atoms with van der Waals surface area (Å²) in [5.74, 6) is -5.75. The fourth-order valence-corrected chi connectivity index (χ4v) is 7.85. The smallest absolute Gasteiger partial charge is 0.413 e. The van der Waals surface area contributed by atoms with Crippen LogP contribution in [0.1, 0.15) is 62.4 Å². The number of carbonyl (C=O) groups excluding carboxylic acids is 2. The van der Waals surface area contributed by atoms with Crippen LogP contribution in [0.25, 0.3) is 22.9 Å². The van der Waals surface area contributed by atoms with E-state index in [1.165, 1.54) is 24.3 Å². The maximum absolute atomic E-state index is 15.0. The molecule has 2 aliphatic heterocycles. The molecule has 4 heterocycles. The number of hydrogen-bond donors (Lipinski definition) is 1. The minimum Gasteiger partial charge on any atom is -0.413 e. The zero-order valence-electron chi connectivity index (χ0n) is 36.7. The molecule has 1 N–H and O–H groups in total. The maximum Gasteiger partial charge on any atom is 0.470 e. The molecule has 0 bridgehead atoms. The molecule has 2 fully saturated rings. The van der Waals surface area contributed by atoms with Crippen LogP contribution >= 0.6 is 12.4 Å². The first kappa shape index (κ1) is 51.1. The molecule has 12 nitrogen and oxygen atoms in total. The van der Waals surface area contributed by atoms with Gasteiger partial charge in [-0.1, -0.05) is 48.5 Å². The van der Waals surface area contributed by atoms with Crippen molar-refractivity contribution < 1.29 is 53.5 Å². The number of carbonyl (C=O) groups is 2. The molecule has 21 heteroatoms. The van der Waals surface area contributed by atoms with Crippen LogP contribution in [0, 0.1) is 23.5 Å². The second kappa shape index (κ2) is 22.2. The van der Waals surface area contributed by atoms with Gasteiger partial charge in [0.25, 0.3) is 0 Å². The third-order valence-corrected chi connectivity index (χ3v) is 11.6. The summed E-state index contributed by atoms with van der Waals surface area (Å²) in [6.07, 6.45) is -6.73. The summed E-state index contributed by atoms with van der Waals surface area (Å²) in [5, 5.41) is 15.9. The van der Waals surface area contributed by atoms with Gasteiger partial charge in [-0.2, -0.15) is 26.3 Å². The number of alkyl halides is 6. The number of rotatable bonds is 11. The third kappa shape index (κ3) is 12.6. The normalized spacial score (nSPS) is 15.0. The highest BCUT2D eigenvalue weighted by Crippen LogP contribution is 2.34. The molecule has 0 aliphatic carbocycles. The van der Waals surface area contributed by atoms with Gasteiger partial charge >= 0.3 is 24.1 Å².